The summed E-state index contributed by atoms with van der Waals surface area (Å²) in [6.45, 7) is 6.68. The van der Waals surface area contributed by atoms with Gasteiger partial charge in [-0.05, 0) is 51.5 Å². The highest BCUT2D eigenvalue weighted by Crippen LogP contribution is 2.15. The number of nitrogens with zero attached hydrogens (tertiary/aromatic N) is 4. The summed E-state index contributed by atoms with van der Waals surface area (Å²) in [5.41, 5.74) is -1.45. The highest BCUT2D eigenvalue weighted by atomic mass is 17.2. The van der Waals surface area contributed by atoms with Gasteiger partial charge in [0.15, 0.2) is 0 Å². The molecule has 0 heterocycles. The van der Waals surface area contributed by atoms with Gasteiger partial charge in [-0.1, -0.05) is 6.92 Å². The van der Waals surface area contributed by atoms with Gasteiger partial charge in [-0.2, -0.15) is 4.99 Å². The molecule has 2 rings (SSSR count). The van der Waals surface area contributed by atoms with E-state index in [-0.39, 0.29) is 35.5 Å². The molecule has 0 saturated heterocycles. The summed E-state index contributed by atoms with van der Waals surface area (Å²) in [5, 5.41) is 23.6. The summed E-state index contributed by atoms with van der Waals surface area (Å²) in [4.78, 5) is 85.8. The average molecular weight is 602 g/mol. The van der Waals surface area contributed by atoms with Crippen LogP contribution in [-0.4, -0.2) is 58.4 Å². The Labute approximate surface area is 243 Å². The van der Waals surface area contributed by atoms with Crippen LogP contribution in [-0.2, 0) is 24.0 Å². The predicted octanol–water partition coefficient (Wildman–Crippen LogP) is 3.91. The fourth-order valence-corrected chi connectivity index (χ4v) is 2.88. The van der Waals surface area contributed by atoms with E-state index < -0.39 is 51.3 Å². The molecule has 1 unspecified atom stereocenters. The van der Waals surface area contributed by atoms with Crippen LogP contribution in [0, 0.1) is 26.1 Å². The van der Waals surface area contributed by atoms with Crippen LogP contribution in [0.5, 0.6) is 0 Å². The molecular formula is C26H27N5O12. The van der Waals surface area contributed by atoms with Crippen molar-refractivity contribution in [3.05, 3.63) is 79.9 Å². The molecule has 0 spiro atoms. The molecule has 0 radical (unpaired) electrons. The topological polar surface area (TPSA) is 228 Å². The molecule has 2 aromatic carbocycles. The van der Waals surface area contributed by atoms with Crippen LogP contribution in [0.3, 0.4) is 0 Å². The monoisotopic (exact) mass is 601 g/mol. The molecule has 17 heteroatoms. The summed E-state index contributed by atoms with van der Waals surface area (Å²) < 4.78 is 9.96. The molecule has 43 heavy (non-hydrogen) atoms. The molecule has 0 saturated carbocycles. The molecule has 0 aliphatic heterocycles. The first-order valence-corrected chi connectivity index (χ1v) is 12.4. The van der Waals surface area contributed by atoms with E-state index in [0.717, 1.165) is 48.5 Å². The Morgan fingerprint density at radius 2 is 1.42 bits per heavy atom. The van der Waals surface area contributed by atoms with Gasteiger partial charge in [0.2, 0.25) is 12.4 Å². The number of aliphatic imine (C=N–C) groups is 2. The van der Waals surface area contributed by atoms with E-state index in [1.807, 2.05) is 0 Å². The lowest BCUT2D eigenvalue weighted by Gasteiger charge is -2.21. The smallest absolute Gasteiger partial charge is 0.422 e. The van der Waals surface area contributed by atoms with E-state index in [2.05, 4.69) is 29.8 Å². The number of nitro groups is 2. The Balaban J connectivity index is 2.06. The summed E-state index contributed by atoms with van der Waals surface area (Å²) in [6, 6.07) is 8.72. The largest absolute Gasteiger partial charge is 0.460 e. The van der Waals surface area contributed by atoms with Crippen molar-refractivity contribution in [2.45, 2.75) is 39.7 Å². The van der Waals surface area contributed by atoms with Crippen molar-refractivity contribution in [2.75, 3.05) is 6.54 Å². The standard InChI is InChI=1S/C26H27N5O12/c1-16(21(32)42-26(2,3)4)13-14-27-24(28-15-40-43-23(34)18-7-11-20(12-8-18)31(38)39)29-25(35)41-22(33)17-5-9-19(10-6-17)30(36)37/h5-12,15-16H,13-14H2,1-4H3,(H,27,29,35). The number of hydrogen-bond donors (Lipinski definition) is 1. The molecule has 0 aromatic heterocycles. The summed E-state index contributed by atoms with van der Waals surface area (Å²) in [7, 11) is 0. The fraction of sp³-hybridized carbons (Fsp3) is 0.308. The minimum Gasteiger partial charge on any atom is -0.460 e. The second-order valence-electron chi connectivity index (χ2n) is 9.54. The number of guanidine groups is 1. The van der Waals surface area contributed by atoms with Crippen molar-refractivity contribution in [3.8, 4) is 0 Å². The van der Waals surface area contributed by atoms with Gasteiger partial charge in [0.25, 0.3) is 11.4 Å². The lowest BCUT2D eigenvalue weighted by Crippen LogP contribution is -2.32. The molecule has 1 amide bonds. The second-order valence-corrected chi connectivity index (χ2v) is 9.54. The van der Waals surface area contributed by atoms with Crippen LogP contribution in [0.25, 0.3) is 0 Å². The van der Waals surface area contributed by atoms with Crippen LogP contribution < -0.4 is 5.32 Å². The Bertz CT molecular complexity index is 1410. The lowest BCUT2D eigenvalue weighted by atomic mass is 10.1. The number of alkyl carbamates (subject to hydrolysis) is 1. The first-order chi connectivity index (χ1) is 20.2. The first-order valence-electron chi connectivity index (χ1n) is 12.4. The molecule has 1 atom stereocenters. The quantitative estimate of drug-likeness (QED) is 0.0777. The van der Waals surface area contributed by atoms with Crippen molar-refractivity contribution in [2.24, 2.45) is 15.9 Å². The van der Waals surface area contributed by atoms with E-state index in [4.69, 9.17) is 4.74 Å². The molecule has 0 fully saturated rings. The maximum absolute atomic E-state index is 12.3. The number of hydrogen-bond acceptors (Lipinski definition) is 13. The molecular weight excluding hydrogens is 574 g/mol. The van der Waals surface area contributed by atoms with E-state index in [9.17, 15) is 39.4 Å². The van der Waals surface area contributed by atoms with E-state index in [0.29, 0.717) is 6.40 Å². The van der Waals surface area contributed by atoms with Gasteiger partial charge >= 0.3 is 24.0 Å². The zero-order chi connectivity index (χ0) is 32.2. The summed E-state index contributed by atoms with van der Waals surface area (Å²) >= 11 is 0. The number of amides is 1. The number of benzene rings is 2. The van der Waals surface area contributed by atoms with Crippen LogP contribution in [0.2, 0.25) is 0 Å². The van der Waals surface area contributed by atoms with Crippen LogP contribution in [0.15, 0.2) is 58.5 Å². The molecule has 0 aliphatic rings. The zero-order valence-electron chi connectivity index (χ0n) is 23.4. The van der Waals surface area contributed by atoms with Gasteiger partial charge in [0.05, 0.1) is 26.9 Å². The summed E-state index contributed by atoms with van der Waals surface area (Å²) in [5.74, 6) is -3.68. The van der Waals surface area contributed by atoms with E-state index in [1.54, 1.807) is 27.7 Å². The predicted molar refractivity (Wildman–Crippen MR) is 147 cm³/mol. The Morgan fingerprint density at radius 3 is 1.91 bits per heavy atom. The fourth-order valence-electron chi connectivity index (χ4n) is 2.88. The highest BCUT2D eigenvalue weighted by Gasteiger charge is 2.22. The number of carbonyl (C=O) groups is 4. The van der Waals surface area contributed by atoms with Gasteiger partial charge in [-0.15, -0.1) is 0 Å². The SMILES string of the molecule is CC(CCN=C(N=COOC(=O)c1ccc([N+](=O)[O-])cc1)NC(=O)OC(=O)c1ccc([N+](=O)[O-])cc1)C(=O)OC(C)(C)C. The maximum atomic E-state index is 12.3. The van der Waals surface area contributed by atoms with Crippen LogP contribution in [0.1, 0.15) is 54.8 Å². The number of esters is 2. The van der Waals surface area contributed by atoms with Gasteiger partial charge in [-0.3, -0.25) is 40.2 Å². The summed E-state index contributed by atoms with van der Waals surface area (Å²) in [6.07, 6.45) is -0.581. The van der Waals surface area contributed by atoms with Crippen LogP contribution in [0.4, 0.5) is 16.2 Å². The molecule has 17 nitrogen and oxygen atoms in total. The van der Waals surface area contributed by atoms with Gasteiger partial charge < -0.3 is 9.47 Å². The second kappa shape index (κ2) is 15.3. The van der Waals surface area contributed by atoms with Crippen molar-refractivity contribution in [1.29, 1.82) is 0 Å². The zero-order valence-corrected chi connectivity index (χ0v) is 23.4. The van der Waals surface area contributed by atoms with Gasteiger partial charge in [0.1, 0.15) is 5.60 Å². The highest BCUT2D eigenvalue weighted by molar-refractivity contribution is 6.03. The average Bonchev–Trinajstić information content (AvgIpc) is 2.93. The number of non-ortho nitro benzene ring substituents is 2. The van der Waals surface area contributed by atoms with E-state index >= 15 is 0 Å². The Kier molecular flexibility index (Phi) is 11.9. The van der Waals surface area contributed by atoms with Gasteiger partial charge in [-0.25, -0.2) is 19.3 Å². The first kappa shape index (κ1) is 33.5. The third-order valence-corrected chi connectivity index (χ3v) is 5.00. The number of carbonyl (C=O) groups excluding carboxylic acids is 4. The number of rotatable bonds is 10. The molecule has 0 aliphatic carbocycles. The van der Waals surface area contributed by atoms with E-state index in [1.165, 1.54) is 0 Å². The maximum Gasteiger partial charge on any atom is 0.422 e. The minimum atomic E-state index is -1.33. The molecule has 228 valence electrons. The van der Waals surface area contributed by atoms with Crippen LogP contribution >= 0.6 is 0 Å². The Hall–Kier alpha value is -5.74. The number of nitrogens with one attached hydrogen (secondary N) is 1. The third-order valence-electron chi connectivity index (χ3n) is 5.00. The molecule has 2 aromatic rings. The molecule has 1 N–H and O–H groups in total. The van der Waals surface area contributed by atoms with Gasteiger partial charge in [0, 0.05) is 30.8 Å². The number of ether oxygens (including phenoxy) is 2. The third kappa shape index (κ3) is 11.7. The lowest BCUT2D eigenvalue weighted by molar-refractivity contribution is -0.385. The number of nitro benzene ring substituents is 2. The van der Waals surface area contributed by atoms with Crippen molar-refractivity contribution in [1.82, 2.24) is 5.32 Å². The van der Waals surface area contributed by atoms with Crippen molar-refractivity contribution in [3.63, 3.8) is 0 Å². The molecule has 0 bridgehead atoms. The van der Waals surface area contributed by atoms with Crippen molar-refractivity contribution < 1.29 is 48.3 Å². The van der Waals surface area contributed by atoms with Crippen molar-refractivity contribution >= 4 is 47.7 Å². The minimum absolute atomic E-state index is 0.0632. The Morgan fingerprint density at radius 1 is 0.907 bits per heavy atom. The normalized spacial score (nSPS) is 12.1.